The summed E-state index contributed by atoms with van der Waals surface area (Å²) < 4.78 is 5.94. The molecule has 2 heteroatoms. The Morgan fingerprint density at radius 1 is 1.33 bits per heavy atom. The molecule has 0 amide bonds. The number of rotatable bonds is 5. The maximum atomic E-state index is 10.2. The molecule has 0 bridgehead atoms. The van der Waals surface area contributed by atoms with E-state index in [1.54, 1.807) is 6.08 Å². The monoisotopic (exact) mass is 246 g/mol. The molecule has 1 aromatic rings. The smallest absolute Gasteiger partial charge is 0.181 e. The molecule has 0 aromatic heterocycles. The Bertz CT molecular complexity index is 388. The number of aliphatic hydroxyl groups is 1. The van der Waals surface area contributed by atoms with Crippen molar-refractivity contribution in [2.45, 2.75) is 50.9 Å². The van der Waals surface area contributed by atoms with Crippen molar-refractivity contribution < 1.29 is 9.84 Å². The molecular weight excluding hydrogens is 224 g/mol. The fourth-order valence-corrected chi connectivity index (χ4v) is 2.68. The second-order valence-corrected chi connectivity index (χ2v) is 5.08. The highest BCUT2D eigenvalue weighted by Crippen LogP contribution is 2.39. The summed E-state index contributed by atoms with van der Waals surface area (Å²) in [7, 11) is 0. The lowest BCUT2D eigenvalue weighted by molar-refractivity contribution is -0.189. The highest BCUT2D eigenvalue weighted by Gasteiger charge is 2.35. The summed E-state index contributed by atoms with van der Waals surface area (Å²) in [6.45, 7) is 5.86. The summed E-state index contributed by atoms with van der Waals surface area (Å²) in [4.78, 5) is 0. The van der Waals surface area contributed by atoms with Crippen LogP contribution in [-0.4, -0.2) is 10.7 Å². The van der Waals surface area contributed by atoms with Crippen molar-refractivity contribution in [3.8, 4) is 0 Å². The Kier molecular flexibility index (Phi) is 4.20. The third kappa shape index (κ3) is 2.82. The van der Waals surface area contributed by atoms with Crippen LogP contribution in [0, 0.1) is 0 Å². The Hall–Kier alpha value is -1.12. The van der Waals surface area contributed by atoms with Gasteiger partial charge in [0.05, 0.1) is 5.60 Å². The van der Waals surface area contributed by atoms with Crippen LogP contribution in [0.1, 0.15) is 56.4 Å². The molecule has 18 heavy (non-hydrogen) atoms. The van der Waals surface area contributed by atoms with Crippen LogP contribution in [0.5, 0.6) is 0 Å². The Morgan fingerprint density at radius 3 is 2.44 bits per heavy atom. The van der Waals surface area contributed by atoms with E-state index in [1.165, 1.54) is 12.8 Å². The third-order valence-electron chi connectivity index (χ3n) is 3.98. The van der Waals surface area contributed by atoms with Gasteiger partial charge in [-0.25, -0.2) is 0 Å². The fraction of sp³-hybridized carbons (Fsp3) is 0.500. The molecule has 1 aromatic carbocycles. The van der Waals surface area contributed by atoms with Crippen LogP contribution in [0.15, 0.2) is 30.8 Å². The first-order chi connectivity index (χ1) is 8.69. The summed E-state index contributed by atoms with van der Waals surface area (Å²) in [5, 5.41) is 10.2. The van der Waals surface area contributed by atoms with E-state index in [2.05, 4.69) is 13.5 Å². The van der Waals surface area contributed by atoms with Crippen LogP contribution in [0.3, 0.4) is 0 Å². The van der Waals surface area contributed by atoms with Gasteiger partial charge >= 0.3 is 0 Å². The first-order valence-corrected chi connectivity index (χ1v) is 6.77. The largest absolute Gasteiger partial charge is 0.364 e. The molecule has 1 aliphatic carbocycles. The number of hydrogen-bond acceptors (Lipinski definition) is 2. The lowest BCUT2D eigenvalue weighted by Crippen LogP contribution is -2.30. The predicted octanol–water partition coefficient (Wildman–Crippen LogP) is 4.06. The van der Waals surface area contributed by atoms with Crippen molar-refractivity contribution in [1.29, 1.82) is 0 Å². The van der Waals surface area contributed by atoms with Gasteiger partial charge in [0.1, 0.15) is 0 Å². The van der Waals surface area contributed by atoms with Gasteiger partial charge in [0.25, 0.3) is 0 Å². The molecule has 0 radical (unpaired) electrons. The van der Waals surface area contributed by atoms with Crippen LogP contribution < -0.4 is 0 Å². The van der Waals surface area contributed by atoms with Crippen LogP contribution in [0.2, 0.25) is 0 Å². The summed E-state index contributed by atoms with van der Waals surface area (Å²) in [5.74, 6) is 0. The highest BCUT2D eigenvalue weighted by molar-refractivity contribution is 5.47. The summed E-state index contributed by atoms with van der Waals surface area (Å²) in [6, 6.07) is 7.70. The molecule has 2 rings (SSSR count). The quantitative estimate of drug-likeness (QED) is 0.794. The summed E-state index contributed by atoms with van der Waals surface area (Å²) in [6.07, 6.45) is 6.47. The minimum absolute atomic E-state index is 0.115. The van der Waals surface area contributed by atoms with E-state index < -0.39 is 6.29 Å². The van der Waals surface area contributed by atoms with Crippen molar-refractivity contribution in [1.82, 2.24) is 0 Å². The topological polar surface area (TPSA) is 29.5 Å². The third-order valence-corrected chi connectivity index (χ3v) is 3.98. The molecule has 1 fully saturated rings. The minimum Gasteiger partial charge on any atom is -0.364 e. The van der Waals surface area contributed by atoms with E-state index in [1.807, 2.05) is 24.3 Å². The van der Waals surface area contributed by atoms with E-state index in [9.17, 15) is 5.11 Å². The van der Waals surface area contributed by atoms with Gasteiger partial charge in [-0.05, 0) is 24.8 Å². The molecule has 1 unspecified atom stereocenters. The van der Waals surface area contributed by atoms with Gasteiger partial charge < -0.3 is 9.84 Å². The van der Waals surface area contributed by atoms with Gasteiger partial charge in [-0.3, -0.25) is 0 Å². The highest BCUT2D eigenvalue weighted by atomic mass is 16.6. The molecule has 1 aliphatic rings. The van der Waals surface area contributed by atoms with Crippen molar-refractivity contribution >= 4 is 6.08 Å². The van der Waals surface area contributed by atoms with Crippen molar-refractivity contribution in [3.05, 3.63) is 42.0 Å². The first kappa shape index (κ1) is 13.3. The Morgan fingerprint density at radius 2 is 1.94 bits per heavy atom. The standard InChI is InChI=1S/C16H22O2/c1-3-13-7-9-14(10-8-13)15(17)18-16(4-2)11-5-6-12-16/h3,7-10,15,17H,1,4-6,11-12H2,2H3. The van der Waals surface area contributed by atoms with Gasteiger partial charge in [-0.15, -0.1) is 0 Å². The van der Waals surface area contributed by atoms with E-state index in [0.717, 1.165) is 30.4 Å². The number of ether oxygens (including phenoxy) is 1. The molecular formula is C16H22O2. The van der Waals surface area contributed by atoms with Crippen LogP contribution in [-0.2, 0) is 4.74 Å². The van der Waals surface area contributed by atoms with Gasteiger partial charge in [0.2, 0.25) is 0 Å². The maximum absolute atomic E-state index is 10.2. The van der Waals surface area contributed by atoms with Gasteiger partial charge in [-0.1, -0.05) is 56.7 Å². The minimum atomic E-state index is -0.818. The van der Waals surface area contributed by atoms with Crippen molar-refractivity contribution in [2.24, 2.45) is 0 Å². The lowest BCUT2D eigenvalue weighted by Gasteiger charge is -2.31. The van der Waals surface area contributed by atoms with Crippen molar-refractivity contribution in [2.75, 3.05) is 0 Å². The molecule has 0 spiro atoms. The van der Waals surface area contributed by atoms with Crippen molar-refractivity contribution in [3.63, 3.8) is 0 Å². The van der Waals surface area contributed by atoms with Gasteiger partial charge in [0.15, 0.2) is 6.29 Å². The number of aliphatic hydroxyl groups excluding tert-OH is 1. The molecule has 0 saturated heterocycles. The second kappa shape index (κ2) is 5.68. The average Bonchev–Trinajstić information content (AvgIpc) is 2.88. The summed E-state index contributed by atoms with van der Waals surface area (Å²) in [5.41, 5.74) is 1.76. The Labute approximate surface area is 109 Å². The molecule has 1 N–H and O–H groups in total. The first-order valence-electron chi connectivity index (χ1n) is 6.77. The molecule has 0 heterocycles. The fourth-order valence-electron chi connectivity index (χ4n) is 2.68. The normalized spacial score (nSPS) is 19.7. The zero-order valence-electron chi connectivity index (χ0n) is 11.1. The molecule has 2 nitrogen and oxygen atoms in total. The van der Waals surface area contributed by atoms with E-state index >= 15 is 0 Å². The predicted molar refractivity (Wildman–Crippen MR) is 74.1 cm³/mol. The van der Waals surface area contributed by atoms with E-state index in [-0.39, 0.29) is 5.60 Å². The second-order valence-electron chi connectivity index (χ2n) is 5.08. The van der Waals surface area contributed by atoms with E-state index in [4.69, 9.17) is 4.74 Å². The lowest BCUT2D eigenvalue weighted by atomic mass is 9.98. The number of hydrogen-bond donors (Lipinski definition) is 1. The van der Waals surface area contributed by atoms with Gasteiger partial charge in [-0.2, -0.15) is 0 Å². The maximum Gasteiger partial charge on any atom is 0.181 e. The zero-order valence-corrected chi connectivity index (χ0v) is 11.1. The zero-order chi connectivity index (χ0) is 13.0. The van der Waals surface area contributed by atoms with Crippen LogP contribution in [0.4, 0.5) is 0 Å². The Balaban J connectivity index is 2.05. The molecule has 0 aliphatic heterocycles. The number of benzene rings is 1. The SMILES string of the molecule is C=Cc1ccc(C(O)OC2(CC)CCCC2)cc1. The molecule has 1 saturated carbocycles. The van der Waals surface area contributed by atoms with Crippen LogP contribution in [0.25, 0.3) is 6.08 Å². The molecule has 98 valence electrons. The summed E-state index contributed by atoms with van der Waals surface area (Å²) >= 11 is 0. The van der Waals surface area contributed by atoms with Crippen LogP contribution >= 0.6 is 0 Å². The molecule has 1 atom stereocenters. The average molecular weight is 246 g/mol. The van der Waals surface area contributed by atoms with E-state index in [0.29, 0.717) is 0 Å². The van der Waals surface area contributed by atoms with Gasteiger partial charge in [0, 0.05) is 5.56 Å².